The molecule has 2 aromatic rings. The third-order valence-corrected chi connectivity index (χ3v) is 7.55. The molecule has 0 aliphatic carbocycles. The summed E-state index contributed by atoms with van der Waals surface area (Å²) >= 11 is 0. The molecule has 4 heterocycles. The van der Waals surface area contributed by atoms with Crippen LogP contribution in [0.3, 0.4) is 0 Å². The highest BCUT2D eigenvalue weighted by atomic mass is 16.7. The first kappa shape index (κ1) is 30.8. The molecule has 2 saturated heterocycles. The van der Waals surface area contributed by atoms with E-state index in [2.05, 4.69) is 0 Å². The van der Waals surface area contributed by atoms with Gasteiger partial charge in [-0.15, -0.1) is 0 Å². The van der Waals surface area contributed by atoms with Crippen molar-refractivity contribution in [3.63, 3.8) is 0 Å². The predicted molar refractivity (Wildman–Crippen MR) is 139 cm³/mol. The largest absolute Gasteiger partial charge is 0.507 e. The highest BCUT2D eigenvalue weighted by Gasteiger charge is 2.47. The van der Waals surface area contributed by atoms with Gasteiger partial charge in [0.25, 0.3) is 0 Å². The Morgan fingerprint density at radius 1 is 0.881 bits per heavy atom. The van der Waals surface area contributed by atoms with Crippen molar-refractivity contribution in [3.8, 4) is 11.5 Å². The van der Waals surface area contributed by atoms with E-state index in [1.54, 1.807) is 13.0 Å². The van der Waals surface area contributed by atoms with Crippen LogP contribution in [0.15, 0.2) is 33.0 Å². The molecule has 10 unspecified atom stereocenters. The van der Waals surface area contributed by atoms with E-state index in [-0.39, 0.29) is 41.8 Å². The van der Waals surface area contributed by atoms with Gasteiger partial charge in [0.1, 0.15) is 83.7 Å². The lowest BCUT2D eigenvalue weighted by Gasteiger charge is -2.42. The Bertz CT molecular complexity index is 1360. The van der Waals surface area contributed by atoms with E-state index in [1.807, 2.05) is 0 Å². The minimum Gasteiger partial charge on any atom is -0.507 e. The summed E-state index contributed by atoms with van der Waals surface area (Å²) < 4.78 is 33.6. The predicted octanol–water partition coefficient (Wildman–Crippen LogP) is -2.69. The first-order valence-electron chi connectivity index (χ1n) is 13.3. The highest BCUT2D eigenvalue weighted by molar-refractivity contribution is 5.88. The summed E-state index contributed by atoms with van der Waals surface area (Å²) in [5, 5.41) is 81.1. The van der Waals surface area contributed by atoms with Crippen LogP contribution in [0, 0.1) is 6.92 Å². The van der Waals surface area contributed by atoms with Crippen LogP contribution in [-0.4, -0.2) is 129 Å². The Kier molecular flexibility index (Phi) is 9.17. The first-order valence-corrected chi connectivity index (χ1v) is 13.3. The van der Waals surface area contributed by atoms with E-state index in [9.17, 15) is 45.6 Å². The van der Waals surface area contributed by atoms with Crippen molar-refractivity contribution in [2.24, 2.45) is 0 Å². The van der Waals surface area contributed by atoms with Crippen molar-refractivity contribution in [1.82, 2.24) is 0 Å². The summed E-state index contributed by atoms with van der Waals surface area (Å²) in [6.07, 6.45) is -13.3. The van der Waals surface area contributed by atoms with Crippen LogP contribution in [0.2, 0.25) is 0 Å². The fourth-order valence-corrected chi connectivity index (χ4v) is 5.13. The third-order valence-electron chi connectivity index (χ3n) is 7.55. The number of allylic oxidation sites excluding steroid dienone is 1. The number of hydrogen-bond donors (Lipinski definition) is 8. The van der Waals surface area contributed by atoms with E-state index in [0.717, 1.165) is 0 Å². The molecular weight excluding hydrogens is 564 g/mol. The van der Waals surface area contributed by atoms with Crippen molar-refractivity contribution in [2.45, 2.75) is 74.8 Å². The smallest absolute Gasteiger partial charge is 0.196 e. The van der Waals surface area contributed by atoms with Crippen LogP contribution in [-0.2, 0) is 25.4 Å². The molecule has 10 atom stereocenters. The summed E-state index contributed by atoms with van der Waals surface area (Å²) in [4.78, 5) is 12.4. The standard InChI is InChI=1S/C27H34O15/c1-10-4-13(29)18-14(30)5-15-12(25(18)40-10)3-2-11(7-37-15)8-38-26-24(36)22(34)20(32)17(42-26)9-39-27-23(35)21(33)19(31)16(6-28)41-27/h2,4-5,16-17,19-24,26-28,30-36H,3,6-9H2,1H3. The number of fused-ring (bicyclic) bond motifs is 3. The van der Waals surface area contributed by atoms with E-state index in [4.69, 9.17) is 28.1 Å². The molecule has 0 amide bonds. The number of rotatable bonds is 7. The van der Waals surface area contributed by atoms with Gasteiger partial charge in [-0.3, -0.25) is 4.79 Å². The van der Waals surface area contributed by atoms with Gasteiger partial charge in [0, 0.05) is 17.7 Å². The van der Waals surface area contributed by atoms with Crippen LogP contribution in [0.5, 0.6) is 11.5 Å². The van der Waals surface area contributed by atoms with Crippen molar-refractivity contribution < 1.29 is 69.0 Å². The molecule has 0 spiro atoms. The average Bonchev–Trinajstić information content (AvgIpc) is 3.16. The number of phenols is 1. The van der Waals surface area contributed by atoms with Crippen LogP contribution >= 0.6 is 0 Å². The lowest BCUT2D eigenvalue weighted by Crippen LogP contribution is -2.61. The van der Waals surface area contributed by atoms with E-state index in [0.29, 0.717) is 22.6 Å². The molecule has 3 aliphatic heterocycles. The molecule has 5 rings (SSSR count). The van der Waals surface area contributed by atoms with Crippen molar-refractivity contribution in [3.05, 3.63) is 45.3 Å². The monoisotopic (exact) mass is 598 g/mol. The first-order chi connectivity index (χ1) is 20.0. The number of aryl methyl sites for hydroxylation is 1. The van der Waals surface area contributed by atoms with Gasteiger partial charge in [-0.1, -0.05) is 6.08 Å². The van der Waals surface area contributed by atoms with E-state index >= 15 is 0 Å². The second kappa shape index (κ2) is 12.5. The van der Waals surface area contributed by atoms with Crippen molar-refractivity contribution in [1.29, 1.82) is 0 Å². The number of hydrogen-bond acceptors (Lipinski definition) is 15. The van der Waals surface area contributed by atoms with Gasteiger partial charge in [0.15, 0.2) is 18.0 Å². The zero-order valence-electron chi connectivity index (χ0n) is 22.5. The maximum atomic E-state index is 12.4. The molecule has 1 aromatic carbocycles. The molecule has 1 aromatic heterocycles. The Balaban J connectivity index is 1.23. The van der Waals surface area contributed by atoms with E-state index < -0.39 is 74.6 Å². The summed E-state index contributed by atoms with van der Waals surface area (Å²) in [5.41, 5.74) is 0.967. The van der Waals surface area contributed by atoms with Gasteiger partial charge < -0.3 is 69.0 Å². The second-order valence-corrected chi connectivity index (χ2v) is 10.5. The lowest BCUT2D eigenvalue weighted by molar-refractivity contribution is -0.330. The summed E-state index contributed by atoms with van der Waals surface area (Å²) in [6, 6.07) is 2.62. The van der Waals surface area contributed by atoms with Gasteiger partial charge in [-0.25, -0.2) is 0 Å². The maximum absolute atomic E-state index is 12.4. The second-order valence-electron chi connectivity index (χ2n) is 10.5. The Morgan fingerprint density at radius 3 is 2.21 bits per heavy atom. The molecule has 15 nitrogen and oxygen atoms in total. The van der Waals surface area contributed by atoms with Crippen LogP contribution in [0.4, 0.5) is 0 Å². The molecule has 42 heavy (non-hydrogen) atoms. The van der Waals surface area contributed by atoms with E-state index in [1.165, 1.54) is 12.1 Å². The number of aliphatic hydroxyl groups excluding tert-OH is 7. The summed E-state index contributed by atoms with van der Waals surface area (Å²) in [5.74, 6) is 0.407. The van der Waals surface area contributed by atoms with Crippen LogP contribution in [0.1, 0.15) is 11.3 Å². The number of benzene rings is 1. The maximum Gasteiger partial charge on any atom is 0.196 e. The van der Waals surface area contributed by atoms with Gasteiger partial charge in [-0.2, -0.15) is 0 Å². The minimum absolute atomic E-state index is 0.0195. The van der Waals surface area contributed by atoms with Crippen molar-refractivity contribution in [2.75, 3.05) is 26.4 Å². The molecule has 3 aliphatic rings. The average molecular weight is 599 g/mol. The van der Waals surface area contributed by atoms with Gasteiger partial charge in [-0.05, 0) is 18.9 Å². The third kappa shape index (κ3) is 5.91. The Hall–Kier alpha value is -2.67. The van der Waals surface area contributed by atoms with Gasteiger partial charge in [0.05, 0.1) is 19.8 Å². The molecule has 0 radical (unpaired) electrons. The topological polar surface area (TPSA) is 238 Å². The molecule has 232 valence electrons. The number of ether oxygens (including phenoxy) is 5. The van der Waals surface area contributed by atoms with Crippen molar-refractivity contribution >= 4 is 11.0 Å². The van der Waals surface area contributed by atoms with Gasteiger partial charge in [0.2, 0.25) is 0 Å². The summed E-state index contributed by atoms with van der Waals surface area (Å²) in [7, 11) is 0. The zero-order chi connectivity index (χ0) is 30.3. The zero-order valence-corrected chi connectivity index (χ0v) is 22.5. The van der Waals surface area contributed by atoms with Gasteiger partial charge >= 0.3 is 0 Å². The minimum atomic E-state index is -1.70. The quantitative estimate of drug-likeness (QED) is 0.151. The van der Waals surface area contributed by atoms with Crippen LogP contribution in [0.25, 0.3) is 11.0 Å². The number of aromatic hydroxyl groups is 1. The number of aliphatic hydroxyl groups is 7. The fourth-order valence-electron chi connectivity index (χ4n) is 5.13. The molecular formula is C27H34O15. The molecule has 15 heteroatoms. The molecule has 0 bridgehead atoms. The van der Waals surface area contributed by atoms with Crippen LogP contribution < -0.4 is 10.2 Å². The SMILES string of the molecule is Cc1cc(=O)c2c(O)cc3c(c2o1)CC=C(COC1OC(COC2OC(CO)C(O)C(O)C2O)C(O)C(O)C1O)CO3. The molecule has 0 saturated carbocycles. The lowest BCUT2D eigenvalue weighted by atomic mass is 9.98. The Labute approximate surface area is 238 Å². The Morgan fingerprint density at radius 2 is 1.52 bits per heavy atom. The highest BCUT2D eigenvalue weighted by Crippen LogP contribution is 2.36. The fraction of sp³-hybridized carbons (Fsp3) is 0.593. The molecule has 2 fully saturated rings. The molecule has 8 N–H and O–H groups in total. The summed E-state index contributed by atoms with van der Waals surface area (Å²) in [6.45, 7) is 0.352. The number of phenolic OH excluding ortho intramolecular Hbond substituents is 1. The normalized spacial score (nSPS) is 35.3.